The van der Waals surface area contributed by atoms with Crippen LogP contribution < -0.4 is 4.74 Å². The highest BCUT2D eigenvalue weighted by Gasteiger charge is 2.54. The Morgan fingerprint density at radius 2 is 1.72 bits per heavy atom. The lowest BCUT2D eigenvalue weighted by Crippen LogP contribution is -2.43. The fraction of sp³-hybridized carbons (Fsp3) is 0.529. The third kappa shape index (κ3) is 3.72. The molecule has 2 atom stereocenters. The van der Waals surface area contributed by atoms with Crippen LogP contribution >= 0.6 is 0 Å². The van der Waals surface area contributed by atoms with E-state index in [1.807, 2.05) is 0 Å². The average molecular weight is 359 g/mol. The van der Waals surface area contributed by atoms with Crippen molar-refractivity contribution in [2.24, 2.45) is 11.8 Å². The first-order valence-electron chi connectivity index (χ1n) is 7.72. The van der Waals surface area contributed by atoms with Gasteiger partial charge in [0.05, 0.1) is 24.4 Å². The number of hydrogen-bond acceptors (Lipinski definition) is 3. The molecule has 1 heterocycles. The highest BCUT2D eigenvalue weighted by Crippen LogP contribution is 2.39. The summed E-state index contributed by atoms with van der Waals surface area (Å²) in [4.78, 5) is 25.0. The number of amides is 1. The fourth-order valence-corrected chi connectivity index (χ4v) is 3.08. The van der Waals surface area contributed by atoms with Gasteiger partial charge in [-0.1, -0.05) is 12.1 Å². The summed E-state index contributed by atoms with van der Waals surface area (Å²) in [7, 11) is 1.50. The number of carbonyl (C=O) groups is 2. The van der Waals surface area contributed by atoms with Gasteiger partial charge in [0.15, 0.2) is 0 Å². The van der Waals surface area contributed by atoms with Crippen molar-refractivity contribution in [2.45, 2.75) is 25.4 Å². The lowest BCUT2D eigenvalue weighted by Gasteiger charge is -2.30. The first kappa shape index (κ1) is 19.1. The molecule has 8 heteroatoms. The van der Waals surface area contributed by atoms with E-state index in [2.05, 4.69) is 0 Å². The standard InChI is InChI=1S/C17H20F3NO4/c1-16(2,10-4-6-11(25-3)7-5-10)15(24)21-8-12(14(22)23)13(9-21)17(18,19)20/h4-7,12-13H,8-9H2,1-3H3,(H,22,23)/t12-,13-/m1/s1. The molecule has 1 aromatic rings. The Balaban J connectivity index is 2.25. The minimum atomic E-state index is -4.66. The largest absolute Gasteiger partial charge is 0.497 e. The van der Waals surface area contributed by atoms with Crippen molar-refractivity contribution in [1.82, 2.24) is 4.90 Å². The summed E-state index contributed by atoms with van der Waals surface area (Å²) < 4.78 is 44.3. The van der Waals surface area contributed by atoms with Gasteiger partial charge in [-0.05, 0) is 31.5 Å². The van der Waals surface area contributed by atoms with Crippen molar-refractivity contribution >= 4 is 11.9 Å². The number of carboxylic acid groups (broad SMARTS) is 1. The zero-order valence-corrected chi connectivity index (χ0v) is 14.1. The minimum Gasteiger partial charge on any atom is -0.497 e. The Morgan fingerprint density at radius 1 is 1.16 bits per heavy atom. The van der Waals surface area contributed by atoms with Crippen LogP contribution in [0.4, 0.5) is 13.2 Å². The number of likely N-dealkylation sites (tertiary alicyclic amines) is 1. The highest BCUT2D eigenvalue weighted by atomic mass is 19.4. The first-order valence-corrected chi connectivity index (χ1v) is 7.72. The molecule has 1 amide bonds. The molecule has 1 aliphatic rings. The fourth-order valence-electron chi connectivity index (χ4n) is 3.08. The second-order valence-electron chi connectivity index (χ2n) is 6.66. The van der Waals surface area contributed by atoms with Crippen molar-refractivity contribution < 1.29 is 32.6 Å². The van der Waals surface area contributed by atoms with Gasteiger partial charge in [0, 0.05) is 13.1 Å². The molecule has 1 saturated heterocycles. The van der Waals surface area contributed by atoms with Crippen LogP contribution in [0.1, 0.15) is 19.4 Å². The average Bonchev–Trinajstić information content (AvgIpc) is 3.00. The van der Waals surface area contributed by atoms with E-state index in [4.69, 9.17) is 9.84 Å². The topological polar surface area (TPSA) is 66.8 Å². The third-order valence-corrected chi connectivity index (χ3v) is 4.69. The Morgan fingerprint density at radius 3 is 2.12 bits per heavy atom. The number of methoxy groups -OCH3 is 1. The van der Waals surface area contributed by atoms with Gasteiger partial charge >= 0.3 is 12.1 Å². The molecule has 0 spiro atoms. The number of ether oxygens (including phenoxy) is 1. The van der Waals surface area contributed by atoms with Crippen LogP contribution in [-0.4, -0.2) is 48.3 Å². The van der Waals surface area contributed by atoms with Crippen LogP contribution in [0.25, 0.3) is 0 Å². The predicted octanol–water partition coefficient (Wildman–Crippen LogP) is 2.69. The smallest absolute Gasteiger partial charge is 0.394 e. The molecule has 2 rings (SSSR count). The Hall–Kier alpha value is -2.25. The highest BCUT2D eigenvalue weighted by molar-refractivity contribution is 5.88. The maximum Gasteiger partial charge on any atom is 0.394 e. The maximum atomic E-state index is 13.1. The second kappa shape index (κ2) is 6.57. The minimum absolute atomic E-state index is 0.446. The van der Waals surface area contributed by atoms with E-state index < -0.39 is 48.4 Å². The van der Waals surface area contributed by atoms with Crippen molar-refractivity contribution in [3.8, 4) is 5.75 Å². The van der Waals surface area contributed by atoms with Crippen molar-refractivity contribution in [3.05, 3.63) is 29.8 Å². The molecular formula is C17H20F3NO4. The van der Waals surface area contributed by atoms with Crippen LogP contribution in [-0.2, 0) is 15.0 Å². The van der Waals surface area contributed by atoms with Gasteiger partial charge in [0.1, 0.15) is 5.75 Å². The summed E-state index contributed by atoms with van der Waals surface area (Å²) in [6.45, 7) is 2.12. The molecule has 25 heavy (non-hydrogen) atoms. The molecule has 0 unspecified atom stereocenters. The second-order valence-corrected chi connectivity index (χ2v) is 6.66. The zero-order chi connectivity index (χ0) is 19.0. The normalized spacial score (nSPS) is 21.3. The molecular weight excluding hydrogens is 339 g/mol. The predicted molar refractivity (Wildman–Crippen MR) is 83.3 cm³/mol. The van der Waals surface area contributed by atoms with Crippen LogP contribution in [0.15, 0.2) is 24.3 Å². The van der Waals surface area contributed by atoms with Gasteiger partial charge in [0.25, 0.3) is 0 Å². The van der Waals surface area contributed by atoms with Gasteiger partial charge in [-0.2, -0.15) is 13.2 Å². The van der Waals surface area contributed by atoms with Gasteiger partial charge in [-0.3, -0.25) is 9.59 Å². The molecule has 0 aromatic heterocycles. The molecule has 0 aliphatic carbocycles. The van der Waals surface area contributed by atoms with E-state index >= 15 is 0 Å². The third-order valence-electron chi connectivity index (χ3n) is 4.69. The first-order chi connectivity index (χ1) is 11.5. The number of nitrogens with zero attached hydrogens (tertiary/aromatic N) is 1. The Kier molecular flexibility index (Phi) is 5.02. The summed E-state index contributed by atoms with van der Waals surface area (Å²) in [5.74, 6) is -5.18. The van der Waals surface area contributed by atoms with Crippen molar-refractivity contribution in [1.29, 1.82) is 0 Å². The summed E-state index contributed by atoms with van der Waals surface area (Å²) in [6, 6.07) is 6.66. The van der Waals surface area contributed by atoms with Crippen LogP contribution in [0.3, 0.4) is 0 Å². The molecule has 1 fully saturated rings. The van der Waals surface area contributed by atoms with E-state index in [1.54, 1.807) is 38.1 Å². The molecule has 5 nitrogen and oxygen atoms in total. The molecule has 0 bridgehead atoms. The van der Waals surface area contributed by atoms with Crippen LogP contribution in [0, 0.1) is 11.8 Å². The summed E-state index contributed by atoms with van der Waals surface area (Å²) in [5, 5.41) is 9.07. The van der Waals surface area contributed by atoms with E-state index in [0.717, 1.165) is 4.90 Å². The quantitative estimate of drug-likeness (QED) is 0.898. The van der Waals surface area contributed by atoms with Crippen molar-refractivity contribution in [3.63, 3.8) is 0 Å². The number of halogens is 3. The number of aliphatic carboxylic acids is 1. The summed E-state index contributed by atoms with van der Waals surface area (Å²) >= 11 is 0. The molecule has 0 saturated carbocycles. The van der Waals surface area contributed by atoms with E-state index in [-0.39, 0.29) is 0 Å². The molecule has 1 N–H and O–H groups in total. The molecule has 138 valence electrons. The van der Waals surface area contributed by atoms with Crippen LogP contribution in [0.5, 0.6) is 5.75 Å². The lowest BCUT2D eigenvalue weighted by atomic mass is 9.83. The zero-order valence-electron chi connectivity index (χ0n) is 14.1. The summed E-state index contributed by atoms with van der Waals surface area (Å²) in [5.41, 5.74) is -0.476. The lowest BCUT2D eigenvalue weighted by molar-refractivity contribution is -0.188. The Bertz CT molecular complexity index is 655. The number of carbonyl (C=O) groups excluding carboxylic acids is 1. The van der Waals surface area contributed by atoms with Gasteiger partial charge in [0.2, 0.25) is 5.91 Å². The SMILES string of the molecule is COc1ccc(C(C)(C)C(=O)N2C[C@@H](C(F)(F)F)[C@H](C(=O)O)C2)cc1. The Labute approximate surface area is 143 Å². The molecule has 1 aromatic carbocycles. The number of hydrogen-bond donors (Lipinski definition) is 1. The number of benzene rings is 1. The number of rotatable bonds is 4. The van der Waals surface area contributed by atoms with E-state index in [9.17, 15) is 22.8 Å². The molecule has 0 radical (unpaired) electrons. The molecule has 1 aliphatic heterocycles. The van der Waals surface area contributed by atoms with Crippen LogP contribution in [0.2, 0.25) is 0 Å². The number of carboxylic acids is 1. The van der Waals surface area contributed by atoms with E-state index in [1.165, 1.54) is 7.11 Å². The maximum absolute atomic E-state index is 13.1. The van der Waals surface area contributed by atoms with Crippen molar-refractivity contribution in [2.75, 3.05) is 20.2 Å². The summed E-state index contributed by atoms with van der Waals surface area (Å²) in [6.07, 6.45) is -4.66. The van der Waals surface area contributed by atoms with Gasteiger partial charge in [-0.15, -0.1) is 0 Å². The van der Waals surface area contributed by atoms with Gasteiger partial charge < -0.3 is 14.7 Å². The number of alkyl halides is 3. The van der Waals surface area contributed by atoms with E-state index in [0.29, 0.717) is 11.3 Å². The monoisotopic (exact) mass is 359 g/mol. The van der Waals surface area contributed by atoms with Gasteiger partial charge in [-0.25, -0.2) is 0 Å².